The van der Waals surface area contributed by atoms with Crippen molar-refractivity contribution in [2.45, 2.75) is 26.4 Å². The molecular formula is C13H13F3N2S. The summed E-state index contributed by atoms with van der Waals surface area (Å²) in [6.07, 6.45) is 2.73. The van der Waals surface area contributed by atoms with Gasteiger partial charge in [-0.25, -0.2) is 18.2 Å². The topological polar surface area (TPSA) is 24.9 Å². The first kappa shape index (κ1) is 14.0. The highest BCUT2D eigenvalue weighted by molar-refractivity contribution is 7.11. The monoisotopic (exact) mass is 286 g/mol. The summed E-state index contributed by atoms with van der Waals surface area (Å²) >= 11 is 1.58. The lowest BCUT2D eigenvalue weighted by Crippen LogP contribution is -2.14. The van der Waals surface area contributed by atoms with Gasteiger partial charge in [0.25, 0.3) is 0 Å². The first-order valence-corrected chi connectivity index (χ1v) is 6.69. The molecule has 0 radical (unpaired) electrons. The van der Waals surface area contributed by atoms with Gasteiger partial charge < -0.3 is 5.32 Å². The summed E-state index contributed by atoms with van der Waals surface area (Å²) in [5.41, 5.74) is 0.103. The molecule has 19 heavy (non-hydrogen) atoms. The lowest BCUT2D eigenvalue weighted by atomic mass is 10.2. The Morgan fingerprint density at radius 2 is 1.84 bits per heavy atom. The van der Waals surface area contributed by atoms with Crippen molar-refractivity contribution in [2.75, 3.05) is 0 Å². The van der Waals surface area contributed by atoms with E-state index in [1.807, 2.05) is 6.92 Å². The van der Waals surface area contributed by atoms with Crippen LogP contribution in [0.5, 0.6) is 0 Å². The summed E-state index contributed by atoms with van der Waals surface area (Å²) in [5.74, 6) is -2.96. The molecule has 0 unspecified atom stereocenters. The fourth-order valence-electron chi connectivity index (χ4n) is 1.60. The average Bonchev–Trinajstić information content (AvgIpc) is 2.83. The highest BCUT2D eigenvalue weighted by Gasteiger charge is 2.09. The number of rotatable bonds is 5. The fourth-order valence-corrected chi connectivity index (χ4v) is 2.43. The van der Waals surface area contributed by atoms with Crippen LogP contribution in [0.25, 0.3) is 0 Å². The maximum atomic E-state index is 13.4. The zero-order valence-corrected chi connectivity index (χ0v) is 11.2. The quantitative estimate of drug-likeness (QED) is 0.852. The van der Waals surface area contributed by atoms with Crippen LogP contribution in [0.3, 0.4) is 0 Å². The number of aromatic nitrogens is 1. The van der Waals surface area contributed by atoms with Crippen LogP contribution in [0.15, 0.2) is 18.3 Å². The van der Waals surface area contributed by atoms with E-state index < -0.39 is 17.5 Å². The SMILES string of the molecule is CCc1cnc(CNCc2cc(F)c(F)cc2F)s1. The third-order valence-corrected chi connectivity index (χ3v) is 3.77. The van der Waals surface area contributed by atoms with Gasteiger partial charge in [0.05, 0.1) is 0 Å². The van der Waals surface area contributed by atoms with Crippen LogP contribution in [0.1, 0.15) is 22.4 Å². The van der Waals surface area contributed by atoms with Crippen molar-refractivity contribution in [2.24, 2.45) is 0 Å². The molecule has 1 aromatic heterocycles. The highest BCUT2D eigenvalue weighted by Crippen LogP contribution is 2.15. The van der Waals surface area contributed by atoms with Gasteiger partial charge in [-0.05, 0) is 12.5 Å². The van der Waals surface area contributed by atoms with Crippen LogP contribution in [0.4, 0.5) is 13.2 Å². The van der Waals surface area contributed by atoms with E-state index in [2.05, 4.69) is 10.3 Å². The van der Waals surface area contributed by atoms with Crippen LogP contribution in [0.2, 0.25) is 0 Å². The molecule has 1 heterocycles. The Labute approximate surface area is 113 Å². The predicted molar refractivity (Wildman–Crippen MR) is 68.4 cm³/mol. The summed E-state index contributed by atoms with van der Waals surface area (Å²) in [4.78, 5) is 5.38. The zero-order chi connectivity index (χ0) is 13.8. The van der Waals surface area contributed by atoms with E-state index in [4.69, 9.17) is 0 Å². The van der Waals surface area contributed by atoms with E-state index in [1.165, 1.54) is 4.88 Å². The van der Waals surface area contributed by atoms with Crippen LogP contribution in [-0.2, 0) is 19.5 Å². The van der Waals surface area contributed by atoms with Crippen molar-refractivity contribution in [1.29, 1.82) is 0 Å². The zero-order valence-electron chi connectivity index (χ0n) is 10.3. The Morgan fingerprint density at radius 1 is 1.11 bits per heavy atom. The van der Waals surface area contributed by atoms with Crippen molar-refractivity contribution >= 4 is 11.3 Å². The molecule has 2 rings (SSSR count). The van der Waals surface area contributed by atoms with E-state index in [1.54, 1.807) is 17.5 Å². The van der Waals surface area contributed by atoms with Crippen LogP contribution in [-0.4, -0.2) is 4.98 Å². The second-order valence-electron chi connectivity index (χ2n) is 4.04. The summed E-state index contributed by atoms with van der Waals surface area (Å²) in [6, 6.07) is 1.43. The molecule has 0 fully saturated rings. The summed E-state index contributed by atoms with van der Waals surface area (Å²) in [6.45, 7) is 2.65. The van der Waals surface area contributed by atoms with Gasteiger partial charge in [-0.3, -0.25) is 0 Å². The Bertz CT molecular complexity index is 569. The third-order valence-electron chi connectivity index (χ3n) is 2.63. The molecule has 2 aromatic rings. The van der Waals surface area contributed by atoms with E-state index in [0.717, 1.165) is 17.5 Å². The van der Waals surface area contributed by atoms with E-state index in [-0.39, 0.29) is 12.1 Å². The van der Waals surface area contributed by atoms with Crippen molar-refractivity contribution in [3.63, 3.8) is 0 Å². The molecule has 1 aromatic carbocycles. The number of nitrogens with zero attached hydrogens (tertiary/aromatic N) is 1. The minimum atomic E-state index is -1.17. The number of hydrogen-bond acceptors (Lipinski definition) is 3. The molecule has 1 N–H and O–H groups in total. The van der Waals surface area contributed by atoms with Gasteiger partial charge in [-0.15, -0.1) is 11.3 Å². The second-order valence-corrected chi connectivity index (χ2v) is 5.23. The molecule has 0 amide bonds. The van der Waals surface area contributed by atoms with Gasteiger partial charge in [0.2, 0.25) is 0 Å². The van der Waals surface area contributed by atoms with Gasteiger partial charge in [-0.1, -0.05) is 6.92 Å². The summed E-state index contributed by atoms with van der Waals surface area (Å²) in [5, 5.41) is 3.85. The van der Waals surface area contributed by atoms with Crippen LogP contribution >= 0.6 is 11.3 Å². The van der Waals surface area contributed by atoms with Crippen molar-refractivity contribution in [3.8, 4) is 0 Å². The standard InChI is InChI=1S/C13H13F3N2S/c1-2-9-6-18-13(19-9)7-17-5-8-3-11(15)12(16)4-10(8)14/h3-4,6,17H,2,5,7H2,1H3. The van der Waals surface area contributed by atoms with Gasteiger partial charge in [0, 0.05) is 35.8 Å². The van der Waals surface area contributed by atoms with E-state index >= 15 is 0 Å². The third kappa shape index (κ3) is 3.54. The number of halogens is 3. The fraction of sp³-hybridized carbons (Fsp3) is 0.308. The molecule has 0 aliphatic rings. The smallest absolute Gasteiger partial charge is 0.161 e. The molecule has 0 saturated carbocycles. The molecular weight excluding hydrogens is 273 g/mol. The van der Waals surface area contributed by atoms with Crippen molar-refractivity contribution in [1.82, 2.24) is 10.3 Å². The molecule has 0 atom stereocenters. The number of benzene rings is 1. The van der Waals surface area contributed by atoms with Gasteiger partial charge >= 0.3 is 0 Å². The lowest BCUT2D eigenvalue weighted by molar-refractivity contribution is 0.486. The number of nitrogens with one attached hydrogen (secondary N) is 1. The van der Waals surface area contributed by atoms with Crippen LogP contribution < -0.4 is 5.32 Å². The second kappa shape index (κ2) is 6.16. The molecule has 0 aliphatic carbocycles. The summed E-state index contributed by atoms with van der Waals surface area (Å²) < 4.78 is 39.1. The minimum Gasteiger partial charge on any atom is -0.306 e. The summed E-state index contributed by atoms with van der Waals surface area (Å²) in [7, 11) is 0. The predicted octanol–water partition coefficient (Wildman–Crippen LogP) is 3.41. The Morgan fingerprint density at radius 3 is 2.53 bits per heavy atom. The van der Waals surface area contributed by atoms with Crippen LogP contribution in [0, 0.1) is 17.5 Å². The first-order chi connectivity index (χ1) is 9.10. The van der Waals surface area contributed by atoms with Crippen molar-refractivity contribution in [3.05, 3.63) is 51.2 Å². The maximum absolute atomic E-state index is 13.4. The molecule has 2 nitrogen and oxygen atoms in total. The van der Waals surface area contributed by atoms with Gasteiger partial charge in [-0.2, -0.15) is 0 Å². The average molecular weight is 286 g/mol. The van der Waals surface area contributed by atoms with E-state index in [9.17, 15) is 13.2 Å². The Hall–Kier alpha value is -1.40. The molecule has 6 heteroatoms. The number of thiazole rings is 1. The van der Waals surface area contributed by atoms with E-state index in [0.29, 0.717) is 12.6 Å². The largest absolute Gasteiger partial charge is 0.306 e. The molecule has 0 saturated heterocycles. The minimum absolute atomic E-state index is 0.103. The number of hydrogen-bond donors (Lipinski definition) is 1. The lowest BCUT2D eigenvalue weighted by Gasteiger charge is -2.05. The molecule has 0 bridgehead atoms. The van der Waals surface area contributed by atoms with Gasteiger partial charge in [0.15, 0.2) is 11.6 Å². The van der Waals surface area contributed by atoms with Gasteiger partial charge in [0.1, 0.15) is 10.8 Å². The molecule has 102 valence electrons. The Kier molecular flexibility index (Phi) is 4.55. The highest BCUT2D eigenvalue weighted by atomic mass is 32.1. The maximum Gasteiger partial charge on any atom is 0.161 e. The number of aryl methyl sites for hydroxylation is 1. The van der Waals surface area contributed by atoms with Crippen molar-refractivity contribution < 1.29 is 13.2 Å². The first-order valence-electron chi connectivity index (χ1n) is 5.88. The Balaban J connectivity index is 1.94. The molecule has 0 aliphatic heterocycles. The normalized spacial score (nSPS) is 10.9. The molecule has 0 spiro atoms.